The Hall–Kier alpha value is -0.980. The van der Waals surface area contributed by atoms with E-state index in [2.05, 4.69) is 39.0 Å². The summed E-state index contributed by atoms with van der Waals surface area (Å²) >= 11 is 0. The van der Waals surface area contributed by atoms with Crippen LogP contribution >= 0.6 is 0 Å². The molecule has 1 fully saturated rings. The second-order valence-corrected chi connectivity index (χ2v) is 5.00. The molecule has 1 aliphatic carbocycles. The van der Waals surface area contributed by atoms with Crippen molar-refractivity contribution in [2.24, 2.45) is 5.92 Å². The Balaban J connectivity index is 2.38. The number of ether oxygens (including phenoxy) is 1. The van der Waals surface area contributed by atoms with E-state index in [0.717, 1.165) is 11.7 Å². The quantitative estimate of drug-likeness (QED) is 0.729. The summed E-state index contributed by atoms with van der Waals surface area (Å²) in [6.07, 6.45) is 2.66. The topological polar surface area (TPSA) is 9.23 Å². The predicted molar refractivity (Wildman–Crippen MR) is 63.5 cm³/mol. The molecule has 1 aliphatic rings. The molecule has 2 rings (SSSR count). The van der Waals surface area contributed by atoms with Gasteiger partial charge in [0.05, 0.1) is 7.11 Å². The smallest absolute Gasteiger partial charge is 0.122 e. The zero-order chi connectivity index (χ0) is 11.1. The van der Waals surface area contributed by atoms with Crippen LogP contribution in [0.4, 0.5) is 0 Å². The van der Waals surface area contributed by atoms with Crippen LogP contribution in [0.2, 0.25) is 0 Å². The third-order valence-electron chi connectivity index (χ3n) is 3.88. The van der Waals surface area contributed by atoms with Gasteiger partial charge in [-0.05, 0) is 48.3 Å². The van der Waals surface area contributed by atoms with E-state index in [-0.39, 0.29) is 0 Å². The third-order valence-corrected chi connectivity index (χ3v) is 3.88. The summed E-state index contributed by atoms with van der Waals surface area (Å²) in [5.74, 6) is 1.75. The van der Waals surface area contributed by atoms with Crippen molar-refractivity contribution < 1.29 is 4.74 Å². The Kier molecular flexibility index (Phi) is 2.49. The van der Waals surface area contributed by atoms with Crippen LogP contribution < -0.4 is 4.74 Å². The van der Waals surface area contributed by atoms with Crippen molar-refractivity contribution in [3.05, 3.63) is 29.3 Å². The summed E-state index contributed by atoms with van der Waals surface area (Å²) in [6, 6.07) is 6.67. The fourth-order valence-corrected chi connectivity index (χ4v) is 2.46. The molecule has 0 spiro atoms. The molecule has 0 N–H and O–H groups in total. The minimum Gasteiger partial charge on any atom is -0.496 e. The lowest BCUT2D eigenvalue weighted by Gasteiger charge is -2.21. The molecule has 0 heterocycles. The molecule has 1 aromatic carbocycles. The number of methoxy groups -OCH3 is 1. The zero-order valence-electron chi connectivity index (χ0n) is 10.1. The number of aryl methyl sites for hydroxylation is 1. The van der Waals surface area contributed by atoms with Crippen molar-refractivity contribution in [1.29, 1.82) is 0 Å². The highest BCUT2D eigenvalue weighted by Gasteiger charge is 2.46. The lowest BCUT2D eigenvalue weighted by molar-refractivity contribution is 0.408. The van der Waals surface area contributed by atoms with Crippen molar-refractivity contribution >= 4 is 0 Å². The van der Waals surface area contributed by atoms with Gasteiger partial charge in [-0.2, -0.15) is 0 Å². The van der Waals surface area contributed by atoms with Crippen LogP contribution in [0.1, 0.15) is 37.8 Å². The molecule has 0 aliphatic heterocycles. The molecular weight excluding hydrogens is 184 g/mol. The maximum atomic E-state index is 5.39. The minimum atomic E-state index is 0.445. The van der Waals surface area contributed by atoms with E-state index < -0.39 is 0 Å². The van der Waals surface area contributed by atoms with Gasteiger partial charge >= 0.3 is 0 Å². The van der Waals surface area contributed by atoms with Crippen molar-refractivity contribution in [3.63, 3.8) is 0 Å². The molecule has 0 amide bonds. The van der Waals surface area contributed by atoms with E-state index in [1.165, 1.54) is 24.0 Å². The van der Waals surface area contributed by atoms with E-state index in [1.54, 1.807) is 7.11 Å². The van der Waals surface area contributed by atoms with Gasteiger partial charge in [-0.3, -0.25) is 0 Å². The van der Waals surface area contributed by atoms with Crippen LogP contribution in [0.3, 0.4) is 0 Å². The molecule has 82 valence electrons. The zero-order valence-corrected chi connectivity index (χ0v) is 10.1. The number of rotatable bonds is 3. The van der Waals surface area contributed by atoms with Gasteiger partial charge in [-0.15, -0.1) is 0 Å². The Bertz CT molecular complexity index is 362. The first-order valence-electron chi connectivity index (χ1n) is 5.75. The summed E-state index contributed by atoms with van der Waals surface area (Å²) in [4.78, 5) is 0. The van der Waals surface area contributed by atoms with Gasteiger partial charge in [-0.1, -0.05) is 26.0 Å². The second-order valence-electron chi connectivity index (χ2n) is 5.00. The fraction of sp³-hybridized carbons (Fsp3) is 0.571. The van der Waals surface area contributed by atoms with Gasteiger partial charge in [0.2, 0.25) is 0 Å². The Morgan fingerprint density at radius 3 is 2.40 bits per heavy atom. The molecule has 0 unspecified atom stereocenters. The van der Waals surface area contributed by atoms with Crippen molar-refractivity contribution in [3.8, 4) is 5.75 Å². The molecule has 1 aromatic rings. The van der Waals surface area contributed by atoms with E-state index in [9.17, 15) is 0 Å². The largest absolute Gasteiger partial charge is 0.496 e. The highest BCUT2D eigenvalue weighted by Crippen LogP contribution is 2.54. The Morgan fingerprint density at radius 1 is 1.27 bits per heavy atom. The summed E-state index contributed by atoms with van der Waals surface area (Å²) in [5.41, 5.74) is 3.13. The molecule has 1 heteroatoms. The molecule has 0 saturated heterocycles. The van der Waals surface area contributed by atoms with Crippen LogP contribution in [0.15, 0.2) is 18.2 Å². The molecule has 0 atom stereocenters. The average molecular weight is 204 g/mol. The standard InChI is InChI=1S/C14H20O/c1-10(2)14(7-8-14)12-6-5-11(3)13(9-12)15-4/h5-6,9-10H,7-8H2,1-4H3. The molecule has 0 aromatic heterocycles. The van der Waals surface area contributed by atoms with Crippen LogP contribution in [0.5, 0.6) is 5.75 Å². The number of hydrogen-bond donors (Lipinski definition) is 0. The van der Waals surface area contributed by atoms with Gasteiger partial charge < -0.3 is 4.74 Å². The molecule has 1 saturated carbocycles. The van der Waals surface area contributed by atoms with Crippen LogP contribution in [0.25, 0.3) is 0 Å². The van der Waals surface area contributed by atoms with E-state index in [4.69, 9.17) is 4.74 Å². The van der Waals surface area contributed by atoms with Gasteiger partial charge in [-0.25, -0.2) is 0 Å². The van der Waals surface area contributed by atoms with Crippen molar-refractivity contribution in [2.75, 3.05) is 7.11 Å². The Morgan fingerprint density at radius 2 is 1.93 bits per heavy atom. The molecule has 0 bridgehead atoms. The maximum absolute atomic E-state index is 5.39. The molecule has 1 nitrogen and oxygen atoms in total. The Labute approximate surface area is 92.5 Å². The van der Waals surface area contributed by atoms with Gasteiger partial charge in [0, 0.05) is 0 Å². The lowest BCUT2D eigenvalue weighted by atomic mass is 9.84. The summed E-state index contributed by atoms with van der Waals surface area (Å²) in [5, 5.41) is 0. The van der Waals surface area contributed by atoms with Crippen molar-refractivity contribution in [2.45, 2.75) is 39.0 Å². The monoisotopic (exact) mass is 204 g/mol. The first-order valence-corrected chi connectivity index (χ1v) is 5.75. The summed E-state index contributed by atoms with van der Waals surface area (Å²) in [6.45, 7) is 6.73. The summed E-state index contributed by atoms with van der Waals surface area (Å²) in [7, 11) is 1.75. The highest BCUT2D eigenvalue weighted by molar-refractivity contribution is 5.42. The van der Waals surface area contributed by atoms with Crippen LogP contribution in [-0.2, 0) is 5.41 Å². The average Bonchev–Trinajstić information content (AvgIpc) is 2.99. The van der Waals surface area contributed by atoms with E-state index in [0.29, 0.717) is 5.41 Å². The lowest BCUT2D eigenvalue weighted by Crippen LogP contribution is -2.14. The number of benzene rings is 1. The molecule has 0 radical (unpaired) electrons. The van der Waals surface area contributed by atoms with Gasteiger partial charge in [0.25, 0.3) is 0 Å². The molecular formula is C14H20O. The fourth-order valence-electron chi connectivity index (χ4n) is 2.46. The SMILES string of the molecule is COc1cc(C2(C(C)C)CC2)ccc1C. The van der Waals surface area contributed by atoms with Gasteiger partial charge in [0.15, 0.2) is 0 Å². The van der Waals surface area contributed by atoms with E-state index >= 15 is 0 Å². The second kappa shape index (κ2) is 3.55. The third kappa shape index (κ3) is 1.64. The normalized spacial score (nSPS) is 17.9. The van der Waals surface area contributed by atoms with Gasteiger partial charge in [0.1, 0.15) is 5.75 Å². The highest BCUT2D eigenvalue weighted by atomic mass is 16.5. The van der Waals surface area contributed by atoms with Crippen LogP contribution in [-0.4, -0.2) is 7.11 Å². The van der Waals surface area contributed by atoms with E-state index in [1.807, 2.05) is 0 Å². The minimum absolute atomic E-state index is 0.445. The first-order chi connectivity index (χ1) is 7.10. The predicted octanol–water partition coefficient (Wildman–Crippen LogP) is 3.69. The number of hydrogen-bond acceptors (Lipinski definition) is 1. The summed E-state index contributed by atoms with van der Waals surface area (Å²) < 4.78 is 5.39. The molecule has 15 heavy (non-hydrogen) atoms. The van der Waals surface area contributed by atoms with Crippen LogP contribution in [0, 0.1) is 12.8 Å². The van der Waals surface area contributed by atoms with Crippen molar-refractivity contribution in [1.82, 2.24) is 0 Å². The maximum Gasteiger partial charge on any atom is 0.122 e. The first kappa shape index (κ1) is 10.5.